The first-order valence-corrected chi connectivity index (χ1v) is 3.55. The number of alkyl halides is 3. The maximum absolute atomic E-state index is 12.2. The van der Waals surface area contributed by atoms with E-state index in [0.29, 0.717) is 6.07 Å². The lowest BCUT2D eigenvalue weighted by molar-refractivity contribution is -0.138. The van der Waals surface area contributed by atoms with Gasteiger partial charge in [-0.3, -0.25) is 4.79 Å². The third-order valence-electron chi connectivity index (χ3n) is 1.64. The minimum absolute atomic E-state index is 0.137. The average molecular weight is 202 g/mol. The molecule has 1 N–H and O–H groups in total. The number of pyridine rings is 1. The molecule has 6 heteroatoms. The molecule has 0 aromatic carbocycles. The topological polar surface area (TPSA) is 37.2 Å². The molecule has 1 aromatic heterocycles. The molecular formula is C8H5F3N2O. The number of nitrogens with one attached hydrogen (secondary N) is 1. The Morgan fingerprint density at radius 3 is 2.50 bits per heavy atom. The molecule has 0 fully saturated rings. The third kappa shape index (κ3) is 1.76. The zero-order valence-corrected chi connectivity index (χ0v) is 7.07. The monoisotopic (exact) mass is 202 g/mol. The normalized spacial score (nSPS) is 11.1. The molecule has 0 unspecified atom stereocenters. The maximum atomic E-state index is 12.2. The summed E-state index contributed by atoms with van der Waals surface area (Å²) in [6.45, 7) is 7.96. The van der Waals surface area contributed by atoms with Gasteiger partial charge in [-0.2, -0.15) is 13.2 Å². The van der Waals surface area contributed by atoms with Crippen molar-refractivity contribution < 1.29 is 13.2 Å². The number of rotatable bonds is 0. The van der Waals surface area contributed by atoms with Crippen molar-refractivity contribution in [3.05, 3.63) is 39.1 Å². The van der Waals surface area contributed by atoms with Gasteiger partial charge in [-0.1, -0.05) is 0 Å². The van der Waals surface area contributed by atoms with Gasteiger partial charge in [0, 0.05) is 5.69 Å². The van der Waals surface area contributed by atoms with Crippen LogP contribution in [0.15, 0.2) is 10.9 Å². The summed E-state index contributed by atoms with van der Waals surface area (Å²) in [5.41, 5.74) is -2.62. The number of nitrogens with zero attached hydrogens (tertiary/aromatic N) is 1. The number of aryl methyl sites for hydroxylation is 1. The molecule has 0 amide bonds. The molecule has 3 nitrogen and oxygen atoms in total. The Morgan fingerprint density at radius 2 is 2.07 bits per heavy atom. The molecule has 0 spiro atoms. The van der Waals surface area contributed by atoms with E-state index in [1.807, 2.05) is 4.98 Å². The summed E-state index contributed by atoms with van der Waals surface area (Å²) in [5, 5.41) is 0. The number of hydrogen-bond donors (Lipinski definition) is 1. The molecule has 0 saturated heterocycles. The van der Waals surface area contributed by atoms with Crippen molar-refractivity contribution in [1.82, 2.24) is 4.98 Å². The van der Waals surface area contributed by atoms with Crippen LogP contribution in [0.25, 0.3) is 4.85 Å². The van der Waals surface area contributed by atoms with Crippen LogP contribution < -0.4 is 5.56 Å². The Kier molecular flexibility index (Phi) is 2.34. The van der Waals surface area contributed by atoms with Gasteiger partial charge in [0.05, 0.1) is 6.57 Å². The molecule has 0 aliphatic rings. The molecule has 14 heavy (non-hydrogen) atoms. The Balaban J connectivity index is 3.50. The van der Waals surface area contributed by atoms with Gasteiger partial charge in [-0.15, -0.1) is 0 Å². The van der Waals surface area contributed by atoms with E-state index < -0.39 is 17.3 Å². The van der Waals surface area contributed by atoms with Gasteiger partial charge in [0.2, 0.25) is 5.69 Å². The van der Waals surface area contributed by atoms with Gasteiger partial charge >= 0.3 is 6.18 Å². The van der Waals surface area contributed by atoms with Crippen molar-refractivity contribution in [3.63, 3.8) is 0 Å². The van der Waals surface area contributed by atoms with Crippen LogP contribution in [0.1, 0.15) is 11.3 Å². The predicted molar refractivity (Wildman–Crippen MR) is 43.1 cm³/mol. The summed E-state index contributed by atoms with van der Waals surface area (Å²) < 4.78 is 36.5. The molecule has 0 saturated carbocycles. The summed E-state index contributed by atoms with van der Waals surface area (Å²) in [5.74, 6) is 0. The summed E-state index contributed by atoms with van der Waals surface area (Å²) >= 11 is 0. The van der Waals surface area contributed by atoms with Crippen LogP contribution in [0.5, 0.6) is 0 Å². The van der Waals surface area contributed by atoms with Gasteiger partial charge in [0.15, 0.2) is 0 Å². The van der Waals surface area contributed by atoms with Crippen LogP contribution in [0, 0.1) is 13.5 Å². The zero-order valence-electron chi connectivity index (χ0n) is 7.07. The molecule has 0 radical (unpaired) electrons. The molecule has 0 aliphatic carbocycles. The number of aromatic amines is 1. The van der Waals surface area contributed by atoms with Gasteiger partial charge < -0.3 is 4.98 Å². The highest BCUT2D eigenvalue weighted by molar-refractivity contribution is 5.50. The minimum atomic E-state index is -4.72. The first-order chi connectivity index (χ1) is 6.36. The average Bonchev–Trinajstić information content (AvgIpc) is 2.02. The second-order valence-electron chi connectivity index (χ2n) is 2.63. The van der Waals surface area contributed by atoms with Crippen molar-refractivity contribution >= 4 is 5.69 Å². The van der Waals surface area contributed by atoms with E-state index >= 15 is 0 Å². The Labute approximate surface area is 77.0 Å². The highest BCUT2D eigenvalue weighted by Gasteiger charge is 2.34. The van der Waals surface area contributed by atoms with Crippen LogP contribution in [-0.4, -0.2) is 4.98 Å². The molecule has 0 aliphatic heterocycles. The lowest BCUT2D eigenvalue weighted by Gasteiger charge is -2.06. The molecular weight excluding hydrogens is 197 g/mol. The maximum Gasteiger partial charge on any atom is 0.420 e. The van der Waals surface area contributed by atoms with E-state index in [2.05, 4.69) is 4.85 Å². The quantitative estimate of drug-likeness (QED) is 0.643. The van der Waals surface area contributed by atoms with E-state index in [-0.39, 0.29) is 11.4 Å². The number of aromatic nitrogens is 1. The predicted octanol–water partition coefficient (Wildman–Crippen LogP) is 2.25. The number of halogens is 3. The second kappa shape index (κ2) is 3.18. The van der Waals surface area contributed by atoms with E-state index in [0.717, 1.165) is 0 Å². The van der Waals surface area contributed by atoms with Gasteiger partial charge in [-0.05, 0) is 13.0 Å². The molecule has 0 bridgehead atoms. The summed E-state index contributed by atoms with van der Waals surface area (Å²) in [6.07, 6.45) is -4.72. The van der Waals surface area contributed by atoms with E-state index in [1.54, 1.807) is 0 Å². The zero-order chi connectivity index (χ0) is 10.9. The highest BCUT2D eigenvalue weighted by atomic mass is 19.4. The SMILES string of the molecule is [C-]#[N+]c1cc(C(F)(F)F)c(=O)[nH]c1C. The Bertz CT molecular complexity index is 453. The van der Waals surface area contributed by atoms with Gasteiger partial charge in [0.25, 0.3) is 5.56 Å². The first-order valence-electron chi connectivity index (χ1n) is 3.55. The Hall–Kier alpha value is -1.77. The Morgan fingerprint density at radius 1 is 1.50 bits per heavy atom. The van der Waals surface area contributed by atoms with Crippen LogP contribution in [0.4, 0.5) is 18.9 Å². The number of hydrogen-bond acceptors (Lipinski definition) is 1. The fourth-order valence-electron chi connectivity index (χ4n) is 0.939. The fourth-order valence-corrected chi connectivity index (χ4v) is 0.939. The summed E-state index contributed by atoms with van der Waals surface area (Å²) in [4.78, 5) is 15.7. The first kappa shape index (κ1) is 10.3. The van der Waals surface area contributed by atoms with Crippen molar-refractivity contribution in [2.45, 2.75) is 13.1 Å². The van der Waals surface area contributed by atoms with Crippen LogP contribution >= 0.6 is 0 Å². The largest absolute Gasteiger partial charge is 0.420 e. The standard InChI is InChI=1S/C8H5F3N2O/c1-4-6(12-2)3-5(7(14)13-4)8(9,10)11/h3H,1H3,(H,13,14). The van der Waals surface area contributed by atoms with Crippen LogP contribution in [0.2, 0.25) is 0 Å². The molecule has 1 aromatic rings. The van der Waals surface area contributed by atoms with Crippen molar-refractivity contribution in [3.8, 4) is 0 Å². The molecule has 1 heterocycles. The second-order valence-corrected chi connectivity index (χ2v) is 2.63. The highest BCUT2D eigenvalue weighted by Crippen LogP contribution is 2.29. The lowest BCUT2D eigenvalue weighted by Crippen LogP contribution is -2.21. The lowest BCUT2D eigenvalue weighted by atomic mass is 10.2. The van der Waals surface area contributed by atoms with Crippen molar-refractivity contribution in [1.29, 1.82) is 0 Å². The van der Waals surface area contributed by atoms with Crippen LogP contribution in [-0.2, 0) is 6.18 Å². The smallest absolute Gasteiger partial charge is 0.336 e. The number of H-pyrrole nitrogens is 1. The summed E-state index contributed by atoms with van der Waals surface area (Å²) in [6, 6.07) is 0.557. The molecule has 1 rings (SSSR count). The van der Waals surface area contributed by atoms with Crippen molar-refractivity contribution in [2.75, 3.05) is 0 Å². The van der Waals surface area contributed by atoms with Crippen LogP contribution in [0.3, 0.4) is 0 Å². The minimum Gasteiger partial charge on any atom is -0.336 e. The van der Waals surface area contributed by atoms with Gasteiger partial charge in [0.1, 0.15) is 5.56 Å². The van der Waals surface area contributed by atoms with E-state index in [1.165, 1.54) is 6.92 Å². The fraction of sp³-hybridized carbons (Fsp3) is 0.250. The van der Waals surface area contributed by atoms with E-state index in [4.69, 9.17) is 6.57 Å². The van der Waals surface area contributed by atoms with E-state index in [9.17, 15) is 18.0 Å². The molecule has 0 atom stereocenters. The molecule has 74 valence electrons. The van der Waals surface area contributed by atoms with Crippen molar-refractivity contribution in [2.24, 2.45) is 0 Å². The van der Waals surface area contributed by atoms with Gasteiger partial charge in [-0.25, -0.2) is 4.85 Å². The third-order valence-corrected chi connectivity index (χ3v) is 1.64. The summed E-state index contributed by atoms with van der Waals surface area (Å²) in [7, 11) is 0.